The van der Waals surface area contributed by atoms with Crippen molar-refractivity contribution in [1.29, 1.82) is 0 Å². The van der Waals surface area contributed by atoms with E-state index in [1.807, 2.05) is 0 Å². The zero-order valence-electron chi connectivity index (χ0n) is 15.7. The number of methoxy groups -OCH3 is 1. The van der Waals surface area contributed by atoms with Crippen molar-refractivity contribution in [3.63, 3.8) is 0 Å². The fourth-order valence-corrected chi connectivity index (χ4v) is 4.96. The molecule has 0 atom stereocenters. The van der Waals surface area contributed by atoms with Crippen LogP contribution in [0.15, 0.2) is 58.3 Å². The third kappa shape index (κ3) is 4.58. The first kappa shape index (κ1) is 21.2. The van der Waals surface area contributed by atoms with Crippen LogP contribution in [-0.2, 0) is 20.0 Å². The maximum atomic E-state index is 12.8. The lowest BCUT2D eigenvalue weighted by Crippen LogP contribution is -2.50. The summed E-state index contributed by atoms with van der Waals surface area (Å²) in [6.07, 6.45) is 0. The highest BCUT2D eigenvalue weighted by molar-refractivity contribution is 7.89. The molecular formula is C18H21N3O6S2. The van der Waals surface area contributed by atoms with Gasteiger partial charge in [-0.3, -0.25) is 4.79 Å². The van der Waals surface area contributed by atoms with E-state index in [2.05, 4.69) is 0 Å². The van der Waals surface area contributed by atoms with Crippen LogP contribution in [0.25, 0.3) is 0 Å². The SMILES string of the molecule is COc1cccc(C(=O)N2CCN(S(=O)(=O)c3ccc(S(N)(=O)=O)cc3)CC2)c1. The van der Waals surface area contributed by atoms with E-state index in [0.717, 1.165) is 12.1 Å². The molecule has 156 valence electrons. The topological polar surface area (TPSA) is 127 Å². The molecule has 2 aromatic rings. The molecule has 2 N–H and O–H groups in total. The maximum absolute atomic E-state index is 12.8. The zero-order valence-corrected chi connectivity index (χ0v) is 17.3. The number of rotatable bonds is 5. The maximum Gasteiger partial charge on any atom is 0.254 e. The van der Waals surface area contributed by atoms with E-state index in [9.17, 15) is 21.6 Å². The standard InChI is InChI=1S/C18H21N3O6S2/c1-27-15-4-2-3-14(13-15)18(22)20-9-11-21(12-10-20)29(25,26)17-7-5-16(6-8-17)28(19,23)24/h2-8,13H,9-12H2,1H3,(H2,19,23,24). The lowest BCUT2D eigenvalue weighted by molar-refractivity contribution is 0.0697. The molecule has 9 nitrogen and oxygen atoms in total. The number of carbonyl (C=O) groups excluding carboxylic acids is 1. The van der Waals surface area contributed by atoms with E-state index in [4.69, 9.17) is 9.88 Å². The van der Waals surface area contributed by atoms with E-state index in [1.165, 1.54) is 23.5 Å². The number of hydrogen-bond donors (Lipinski definition) is 1. The summed E-state index contributed by atoms with van der Waals surface area (Å²) < 4.78 is 54.7. The van der Waals surface area contributed by atoms with Crippen molar-refractivity contribution in [3.8, 4) is 5.75 Å². The van der Waals surface area contributed by atoms with Gasteiger partial charge in [0.1, 0.15) is 5.75 Å². The van der Waals surface area contributed by atoms with E-state index >= 15 is 0 Å². The molecule has 0 unspecified atom stereocenters. The first-order chi connectivity index (χ1) is 13.6. The number of hydrogen-bond acceptors (Lipinski definition) is 6. The lowest BCUT2D eigenvalue weighted by Gasteiger charge is -2.34. The quantitative estimate of drug-likeness (QED) is 0.722. The molecule has 0 spiro atoms. The molecule has 2 aromatic carbocycles. The number of amides is 1. The predicted octanol–water partition coefficient (Wildman–Crippen LogP) is 0.489. The number of carbonyl (C=O) groups is 1. The van der Waals surface area contributed by atoms with Gasteiger partial charge in [0, 0.05) is 31.7 Å². The molecule has 11 heteroatoms. The fourth-order valence-electron chi connectivity index (χ4n) is 3.02. The third-order valence-electron chi connectivity index (χ3n) is 4.63. The van der Waals surface area contributed by atoms with E-state index in [1.54, 1.807) is 29.2 Å². The Labute approximate surface area is 169 Å². The average Bonchev–Trinajstić information content (AvgIpc) is 2.73. The Balaban J connectivity index is 1.70. The minimum atomic E-state index is -3.90. The second-order valence-electron chi connectivity index (χ2n) is 6.44. The highest BCUT2D eigenvalue weighted by atomic mass is 32.2. The van der Waals surface area contributed by atoms with Crippen molar-refractivity contribution < 1.29 is 26.4 Å². The number of sulfonamides is 2. The average molecular weight is 440 g/mol. The van der Waals surface area contributed by atoms with Crippen LogP contribution in [0.3, 0.4) is 0 Å². The van der Waals surface area contributed by atoms with Gasteiger partial charge in [0.15, 0.2) is 0 Å². The number of piperazine rings is 1. The number of benzene rings is 2. The second kappa shape index (κ2) is 8.11. The summed E-state index contributed by atoms with van der Waals surface area (Å²) in [7, 11) is -6.19. The van der Waals surface area contributed by atoms with E-state index in [-0.39, 0.29) is 41.9 Å². The smallest absolute Gasteiger partial charge is 0.254 e. The van der Waals surface area contributed by atoms with Crippen molar-refractivity contribution in [2.75, 3.05) is 33.3 Å². The van der Waals surface area contributed by atoms with Gasteiger partial charge in [0.05, 0.1) is 16.9 Å². The van der Waals surface area contributed by atoms with Crippen molar-refractivity contribution >= 4 is 26.0 Å². The highest BCUT2D eigenvalue weighted by Crippen LogP contribution is 2.21. The molecule has 1 fully saturated rings. The van der Waals surface area contributed by atoms with Crippen molar-refractivity contribution in [3.05, 3.63) is 54.1 Å². The lowest BCUT2D eigenvalue weighted by atomic mass is 10.1. The molecule has 0 aliphatic carbocycles. The van der Waals surface area contributed by atoms with Gasteiger partial charge in [-0.2, -0.15) is 4.31 Å². The molecule has 0 saturated carbocycles. The van der Waals surface area contributed by atoms with Gasteiger partial charge >= 0.3 is 0 Å². The largest absolute Gasteiger partial charge is 0.497 e. The molecule has 3 rings (SSSR count). The molecular weight excluding hydrogens is 418 g/mol. The van der Waals surface area contributed by atoms with Crippen LogP contribution in [-0.4, -0.2) is 65.2 Å². The second-order valence-corrected chi connectivity index (χ2v) is 9.94. The van der Waals surface area contributed by atoms with Crippen LogP contribution in [0.1, 0.15) is 10.4 Å². The van der Waals surface area contributed by atoms with Gasteiger partial charge in [-0.05, 0) is 42.5 Å². The number of primary sulfonamides is 1. The molecule has 1 heterocycles. The Morgan fingerprint density at radius 3 is 2.07 bits per heavy atom. The van der Waals surface area contributed by atoms with Crippen LogP contribution in [0.2, 0.25) is 0 Å². The monoisotopic (exact) mass is 439 g/mol. The number of nitrogens with zero attached hydrogens (tertiary/aromatic N) is 2. The Bertz CT molecular complexity index is 1110. The summed E-state index contributed by atoms with van der Waals surface area (Å²) in [5, 5.41) is 5.04. The Morgan fingerprint density at radius 2 is 1.52 bits per heavy atom. The van der Waals surface area contributed by atoms with Crippen LogP contribution in [0, 0.1) is 0 Å². The number of nitrogens with two attached hydrogens (primary N) is 1. The Kier molecular flexibility index (Phi) is 5.94. The van der Waals surface area contributed by atoms with Gasteiger partial charge in [-0.25, -0.2) is 22.0 Å². The van der Waals surface area contributed by atoms with Crippen LogP contribution in [0.4, 0.5) is 0 Å². The molecule has 1 saturated heterocycles. The molecule has 0 radical (unpaired) electrons. The zero-order chi connectivity index (χ0) is 21.2. The van der Waals surface area contributed by atoms with Gasteiger partial charge in [-0.15, -0.1) is 0 Å². The van der Waals surface area contributed by atoms with Crippen LogP contribution < -0.4 is 9.88 Å². The van der Waals surface area contributed by atoms with Gasteiger partial charge in [0.2, 0.25) is 20.0 Å². The summed E-state index contributed by atoms with van der Waals surface area (Å²) in [5.41, 5.74) is 0.472. The van der Waals surface area contributed by atoms with Crippen molar-refractivity contribution in [2.45, 2.75) is 9.79 Å². The third-order valence-corrected chi connectivity index (χ3v) is 7.47. The van der Waals surface area contributed by atoms with E-state index < -0.39 is 20.0 Å². The molecule has 0 bridgehead atoms. The Hall–Kier alpha value is -2.47. The minimum absolute atomic E-state index is 0.0301. The molecule has 29 heavy (non-hydrogen) atoms. The summed E-state index contributed by atoms with van der Waals surface area (Å²) in [4.78, 5) is 14.1. The van der Waals surface area contributed by atoms with Crippen LogP contribution >= 0.6 is 0 Å². The predicted molar refractivity (Wildman–Crippen MR) is 105 cm³/mol. The van der Waals surface area contributed by atoms with Gasteiger partial charge < -0.3 is 9.64 Å². The first-order valence-electron chi connectivity index (χ1n) is 8.69. The van der Waals surface area contributed by atoms with Gasteiger partial charge in [0.25, 0.3) is 5.91 Å². The van der Waals surface area contributed by atoms with Crippen LogP contribution in [0.5, 0.6) is 5.75 Å². The summed E-state index contributed by atoms with van der Waals surface area (Å²) in [6, 6.07) is 11.5. The Morgan fingerprint density at radius 1 is 0.931 bits per heavy atom. The molecule has 0 aromatic heterocycles. The van der Waals surface area contributed by atoms with Gasteiger partial charge in [-0.1, -0.05) is 6.07 Å². The van der Waals surface area contributed by atoms with Crippen molar-refractivity contribution in [2.24, 2.45) is 5.14 Å². The first-order valence-corrected chi connectivity index (χ1v) is 11.7. The fraction of sp³-hybridized carbons (Fsp3) is 0.278. The minimum Gasteiger partial charge on any atom is -0.497 e. The molecule has 1 aliphatic rings. The summed E-state index contributed by atoms with van der Waals surface area (Å²) in [5.74, 6) is 0.374. The summed E-state index contributed by atoms with van der Waals surface area (Å²) >= 11 is 0. The summed E-state index contributed by atoms with van der Waals surface area (Å²) in [6.45, 7) is 0.749. The normalized spacial score (nSPS) is 15.9. The highest BCUT2D eigenvalue weighted by Gasteiger charge is 2.30. The van der Waals surface area contributed by atoms with Crippen molar-refractivity contribution in [1.82, 2.24) is 9.21 Å². The van der Waals surface area contributed by atoms with E-state index in [0.29, 0.717) is 11.3 Å². The number of ether oxygens (including phenoxy) is 1. The molecule has 1 aliphatic heterocycles. The molecule has 1 amide bonds.